The van der Waals surface area contributed by atoms with Crippen LogP contribution in [0, 0.1) is 0 Å². The van der Waals surface area contributed by atoms with Gasteiger partial charge >= 0.3 is 0 Å². The summed E-state index contributed by atoms with van der Waals surface area (Å²) >= 11 is 0. The summed E-state index contributed by atoms with van der Waals surface area (Å²) in [7, 11) is 0. The van der Waals surface area contributed by atoms with Crippen LogP contribution in [0.4, 0.5) is 0 Å². The Kier molecular flexibility index (Phi) is 7.60. The molecular formula is C49H34N2O. The average molecular weight is 667 g/mol. The van der Waals surface area contributed by atoms with Gasteiger partial charge in [0.2, 0.25) is 0 Å². The van der Waals surface area contributed by atoms with E-state index in [1.807, 2.05) is 65.3 Å². The van der Waals surface area contributed by atoms with E-state index in [9.17, 15) is 4.79 Å². The molecular weight excluding hydrogens is 633 g/mol. The number of hydrogen-bond donors (Lipinski definition) is 0. The Morgan fingerprint density at radius 1 is 0.442 bits per heavy atom. The normalized spacial score (nSPS) is 11.8. The SMILES string of the molecule is C=C/C=C(\C=C)c1ccc2c(c1)c1cc(-c3ccccc3)ccc1c(=O)n2-c1ccc(-c2ccc(-n3c4ccccc4c4ccccc43)cc2)cc1. The molecule has 0 amide bonds. The van der Waals surface area contributed by atoms with Crippen molar-refractivity contribution in [3.63, 3.8) is 0 Å². The minimum absolute atomic E-state index is 0.0521. The molecule has 0 aliphatic heterocycles. The van der Waals surface area contributed by atoms with E-state index >= 15 is 0 Å². The van der Waals surface area contributed by atoms with Gasteiger partial charge in [-0.25, -0.2) is 0 Å². The van der Waals surface area contributed by atoms with Gasteiger partial charge in [-0.1, -0.05) is 135 Å². The molecule has 0 saturated heterocycles. The maximum Gasteiger partial charge on any atom is 0.263 e. The van der Waals surface area contributed by atoms with Crippen molar-refractivity contribution in [2.75, 3.05) is 0 Å². The summed E-state index contributed by atoms with van der Waals surface area (Å²) in [6.07, 6.45) is 5.56. The van der Waals surface area contributed by atoms with E-state index < -0.39 is 0 Å². The first kappa shape index (κ1) is 31.0. The van der Waals surface area contributed by atoms with Gasteiger partial charge in [0.1, 0.15) is 0 Å². The van der Waals surface area contributed by atoms with E-state index in [1.54, 1.807) is 6.08 Å². The quantitative estimate of drug-likeness (QED) is 0.123. The second kappa shape index (κ2) is 12.7. The van der Waals surface area contributed by atoms with E-state index in [0.29, 0.717) is 5.39 Å². The Hall–Kier alpha value is -6.97. The van der Waals surface area contributed by atoms with Crippen molar-refractivity contribution in [2.24, 2.45) is 0 Å². The maximum absolute atomic E-state index is 14.4. The molecule has 0 radical (unpaired) electrons. The Bertz CT molecular complexity index is 2870. The second-order valence-electron chi connectivity index (χ2n) is 13.0. The molecule has 0 fully saturated rings. The molecule has 0 N–H and O–H groups in total. The van der Waals surface area contributed by atoms with Gasteiger partial charge in [0.05, 0.1) is 16.6 Å². The predicted octanol–water partition coefficient (Wildman–Crippen LogP) is 12.3. The van der Waals surface area contributed by atoms with Crippen molar-refractivity contribution in [2.45, 2.75) is 0 Å². The fraction of sp³-hybridized carbons (Fsp3) is 0. The third-order valence-corrected chi connectivity index (χ3v) is 10.1. The molecule has 0 atom stereocenters. The number of benzene rings is 7. The lowest BCUT2D eigenvalue weighted by Gasteiger charge is -2.16. The van der Waals surface area contributed by atoms with Gasteiger partial charge < -0.3 is 4.57 Å². The molecule has 9 aromatic rings. The summed E-state index contributed by atoms with van der Waals surface area (Å²) in [6.45, 7) is 7.93. The molecule has 2 aromatic heterocycles. The van der Waals surface area contributed by atoms with Crippen LogP contribution in [0.1, 0.15) is 5.56 Å². The highest BCUT2D eigenvalue weighted by atomic mass is 16.1. The van der Waals surface area contributed by atoms with Gasteiger partial charge in [-0.15, -0.1) is 0 Å². The third-order valence-electron chi connectivity index (χ3n) is 10.1. The van der Waals surface area contributed by atoms with Crippen LogP contribution in [0.15, 0.2) is 200 Å². The van der Waals surface area contributed by atoms with Crippen molar-refractivity contribution in [1.82, 2.24) is 9.13 Å². The summed E-state index contributed by atoms with van der Waals surface area (Å²) < 4.78 is 4.16. The van der Waals surface area contributed by atoms with Crippen LogP contribution >= 0.6 is 0 Å². The zero-order valence-corrected chi connectivity index (χ0v) is 28.5. The first-order chi connectivity index (χ1) is 25.6. The van der Waals surface area contributed by atoms with Crippen LogP contribution in [-0.2, 0) is 0 Å². The molecule has 0 saturated carbocycles. The number of aromatic nitrogens is 2. The Morgan fingerprint density at radius 3 is 1.60 bits per heavy atom. The summed E-state index contributed by atoms with van der Waals surface area (Å²) in [6, 6.07) is 56.8. The Balaban J connectivity index is 1.14. The van der Waals surface area contributed by atoms with Crippen LogP contribution < -0.4 is 5.56 Å². The largest absolute Gasteiger partial charge is 0.309 e. The lowest BCUT2D eigenvalue weighted by atomic mass is 9.96. The highest BCUT2D eigenvalue weighted by Crippen LogP contribution is 2.34. The smallest absolute Gasteiger partial charge is 0.263 e. The van der Waals surface area contributed by atoms with Crippen molar-refractivity contribution < 1.29 is 0 Å². The van der Waals surface area contributed by atoms with Crippen LogP contribution in [0.3, 0.4) is 0 Å². The topological polar surface area (TPSA) is 26.9 Å². The molecule has 9 rings (SSSR count). The van der Waals surface area contributed by atoms with Gasteiger partial charge in [-0.2, -0.15) is 0 Å². The van der Waals surface area contributed by atoms with Gasteiger partial charge in [0.15, 0.2) is 0 Å². The van der Waals surface area contributed by atoms with Crippen LogP contribution in [0.25, 0.3) is 82.7 Å². The lowest BCUT2D eigenvalue weighted by molar-refractivity contribution is 1.06. The molecule has 0 bridgehead atoms. The molecule has 2 heterocycles. The van der Waals surface area contributed by atoms with Gasteiger partial charge in [0.25, 0.3) is 5.56 Å². The first-order valence-electron chi connectivity index (χ1n) is 17.5. The number of fused-ring (bicyclic) bond motifs is 6. The third kappa shape index (κ3) is 5.10. The van der Waals surface area contributed by atoms with Crippen molar-refractivity contribution in [3.05, 3.63) is 211 Å². The molecule has 3 heteroatoms. The van der Waals surface area contributed by atoms with Gasteiger partial charge in [-0.3, -0.25) is 9.36 Å². The van der Waals surface area contributed by atoms with E-state index in [4.69, 9.17) is 0 Å². The van der Waals surface area contributed by atoms with E-state index in [1.165, 1.54) is 21.8 Å². The highest BCUT2D eigenvalue weighted by molar-refractivity contribution is 6.10. The van der Waals surface area contributed by atoms with Gasteiger partial charge in [0, 0.05) is 32.9 Å². The molecule has 0 unspecified atom stereocenters. The molecule has 0 aliphatic carbocycles. The average Bonchev–Trinajstić information content (AvgIpc) is 3.55. The first-order valence-corrected chi connectivity index (χ1v) is 17.5. The fourth-order valence-corrected chi connectivity index (χ4v) is 7.59. The molecule has 246 valence electrons. The zero-order valence-electron chi connectivity index (χ0n) is 28.5. The Morgan fingerprint density at radius 2 is 0.981 bits per heavy atom. The molecule has 0 spiro atoms. The summed E-state index contributed by atoms with van der Waals surface area (Å²) in [4.78, 5) is 14.4. The van der Waals surface area contributed by atoms with E-state index in [0.717, 1.165) is 61.1 Å². The fourth-order valence-electron chi connectivity index (χ4n) is 7.59. The minimum atomic E-state index is -0.0521. The number of para-hydroxylation sites is 2. The van der Waals surface area contributed by atoms with Crippen molar-refractivity contribution >= 4 is 49.1 Å². The van der Waals surface area contributed by atoms with Crippen LogP contribution in [0.5, 0.6) is 0 Å². The Labute approximate surface area is 302 Å². The number of pyridine rings is 1. The number of rotatable bonds is 7. The van der Waals surface area contributed by atoms with Crippen molar-refractivity contribution in [1.29, 1.82) is 0 Å². The minimum Gasteiger partial charge on any atom is -0.309 e. The number of nitrogens with zero attached hydrogens (tertiary/aromatic N) is 2. The number of hydrogen-bond acceptors (Lipinski definition) is 1. The standard InChI is InChI=1S/C49H34N2O/c1-3-12-33(4-2)37-24-30-48-45(32-37)44-31-38(34-13-6-5-7-14-34)23-29-43(44)49(52)51(48)40-27-21-36(22-28-40)35-19-25-39(26-20-35)50-46-17-10-8-15-41(46)42-16-9-11-18-47(42)50/h3-32H,1-2H2/b33-12+. The highest BCUT2D eigenvalue weighted by Gasteiger charge is 2.16. The number of allylic oxidation sites excluding steroid dienone is 4. The summed E-state index contributed by atoms with van der Waals surface area (Å²) in [5.74, 6) is 0. The predicted molar refractivity (Wildman–Crippen MR) is 221 cm³/mol. The maximum atomic E-state index is 14.4. The summed E-state index contributed by atoms with van der Waals surface area (Å²) in [5.41, 5.74) is 11.4. The van der Waals surface area contributed by atoms with E-state index in [2.05, 4.69) is 133 Å². The molecule has 52 heavy (non-hydrogen) atoms. The van der Waals surface area contributed by atoms with Gasteiger partial charge in [-0.05, 0) is 99.4 Å². The molecule has 0 aliphatic rings. The van der Waals surface area contributed by atoms with Crippen LogP contribution in [0.2, 0.25) is 0 Å². The second-order valence-corrected chi connectivity index (χ2v) is 13.0. The lowest BCUT2D eigenvalue weighted by Crippen LogP contribution is -2.19. The van der Waals surface area contributed by atoms with Crippen molar-refractivity contribution in [3.8, 4) is 33.6 Å². The molecule has 7 aromatic carbocycles. The molecule has 3 nitrogen and oxygen atoms in total. The van der Waals surface area contributed by atoms with Crippen LogP contribution in [-0.4, -0.2) is 9.13 Å². The monoisotopic (exact) mass is 666 g/mol. The summed E-state index contributed by atoms with van der Waals surface area (Å²) in [5, 5.41) is 5.07. The van der Waals surface area contributed by atoms with E-state index in [-0.39, 0.29) is 5.56 Å². The zero-order chi connectivity index (χ0) is 35.2.